The SMILES string of the molecule is O=C(NCc1ccc(Cl)cc1Cl)C(Cc1ccccc1)N(Cc1ccc(F)cc1)C(=O)Cc1ccc(Cl)cc1. The summed E-state index contributed by atoms with van der Waals surface area (Å²) in [6.45, 7) is 0.287. The van der Waals surface area contributed by atoms with Crippen LogP contribution in [-0.4, -0.2) is 22.8 Å². The van der Waals surface area contributed by atoms with Gasteiger partial charge in [0.05, 0.1) is 6.42 Å². The number of hydrogen-bond acceptors (Lipinski definition) is 2. The van der Waals surface area contributed by atoms with Gasteiger partial charge < -0.3 is 10.2 Å². The Morgan fingerprint density at radius 1 is 0.769 bits per heavy atom. The van der Waals surface area contributed by atoms with Gasteiger partial charge >= 0.3 is 0 Å². The molecule has 2 amide bonds. The molecule has 0 saturated heterocycles. The number of benzene rings is 4. The van der Waals surface area contributed by atoms with E-state index in [0.29, 0.717) is 26.2 Å². The van der Waals surface area contributed by atoms with Crippen LogP contribution in [0.2, 0.25) is 15.1 Å². The van der Waals surface area contributed by atoms with Crippen LogP contribution < -0.4 is 5.32 Å². The highest BCUT2D eigenvalue weighted by Crippen LogP contribution is 2.22. The number of rotatable bonds is 10. The van der Waals surface area contributed by atoms with Crippen molar-refractivity contribution in [3.8, 4) is 0 Å². The number of nitrogens with one attached hydrogen (secondary N) is 1. The van der Waals surface area contributed by atoms with Crippen LogP contribution >= 0.6 is 34.8 Å². The van der Waals surface area contributed by atoms with Crippen LogP contribution in [0.3, 0.4) is 0 Å². The van der Waals surface area contributed by atoms with Crippen molar-refractivity contribution < 1.29 is 14.0 Å². The van der Waals surface area contributed by atoms with Gasteiger partial charge in [-0.15, -0.1) is 0 Å². The fourth-order valence-electron chi connectivity index (χ4n) is 4.18. The molecule has 1 N–H and O–H groups in total. The Bertz CT molecular complexity index is 1410. The first-order chi connectivity index (χ1) is 18.8. The predicted octanol–water partition coefficient (Wildman–Crippen LogP) is 7.28. The maximum Gasteiger partial charge on any atom is 0.243 e. The Labute approximate surface area is 242 Å². The summed E-state index contributed by atoms with van der Waals surface area (Å²) in [5.74, 6) is -0.963. The molecule has 0 aromatic heterocycles. The average molecular weight is 584 g/mol. The molecule has 0 fully saturated rings. The first-order valence-corrected chi connectivity index (χ1v) is 13.5. The van der Waals surface area contributed by atoms with Crippen molar-refractivity contribution in [1.82, 2.24) is 10.2 Å². The molecule has 0 radical (unpaired) electrons. The summed E-state index contributed by atoms with van der Waals surface area (Å²) in [7, 11) is 0. The lowest BCUT2D eigenvalue weighted by Gasteiger charge is -2.32. The first kappa shape index (κ1) is 28.6. The third-order valence-electron chi connectivity index (χ3n) is 6.27. The minimum absolute atomic E-state index is 0.0694. The molecule has 0 bridgehead atoms. The number of halogens is 4. The van der Waals surface area contributed by atoms with Crippen LogP contribution in [0.4, 0.5) is 4.39 Å². The molecule has 0 aliphatic carbocycles. The van der Waals surface area contributed by atoms with Gasteiger partial charge in [0, 0.05) is 34.6 Å². The molecule has 1 atom stereocenters. The van der Waals surface area contributed by atoms with Crippen molar-refractivity contribution in [2.45, 2.75) is 32.0 Å². The summed E-state index contributed by atoms with van der Waals surface area (Å²) in [4.78, 5) is 29.1. The van der Waals surface area contributed by atoms with Crippen LogP contribution in [0.25, 0.3) is 0 Å². The largest absolute Gasteiger partial charge is 0.350 e. The predicted molar refractivity (Wildman–Crippen MR) is 154 cm³/mol. The third-order valence-corrected chi connectivity index (χ3v) is 7.11. The van der Waals surface area contributed by atoms with Crippen molar-refractivity contribution in [2.75, 3.05) is 0 Å². The maximum absolute atomic E-state index is 13.8. The zero-order chi connectivity index (χ0) is 27.8. The minimum atomic E-state index is -0.844. The fourth-order valence-corrected chi connectivity index (χ4v) is 4.79. The molecule has 8 heteroatoms. The molecule has 0 aliphatic heterocycles. The van der Waals surface area contributed by atoms with Gasteiger partial charge in [-0.1, -0.05) is 95.5 Å². The van der Waals surface area contributed by atoms with E-state index in [1.54, 1.807) is 59.5 Å². The van der Waals surface area contributed by atoms with Crippen LogP contribution in [0.1, 0.15) is 22.3 Å². The molecule has 39 heavy (non-hydrogen) atoms. The summed E-state index contributed by atoms with van der Waals surface area (Å²) >= 11 is 18.4. The molecule has 4 nitrogen and oxygen atoms in total. The zero-order valence-electron chi connectivity index (χ0n) is 20.9. The average Bonchev–Trinajstić information content (AvgIpc) is 2.93. The maximum atomic E-state index is 13.8. The molecule has 0 aliphatic rings. The van der Waals surface area contributed by atoms with Gasteiger partial charge in [-0.3, -0.25) is 9.59 Å². The van der Waals surface area contributed by atoms with Gasteiger partial charge in [0.25, 0.3) is 0 Å². The second kappa shape index (κ2) is 13.6. The lowest BCUT2D eigenvalue weighted by molar-refractivity contribution is -0.140. The number of amides is 2. The van der Waals surface area contributed by atoms with Crippen molar-refractivity contribution in [3.05, 3.63) is 140 Å². The van der Waals surface area contributed by atoms with E-state index in [1.807, 2.05) is 30.3 Å². The normalized spacial score (nSPS) is 11.6. The summed E-state index contributed by atoms with van der Waals surface area (Å²) in [6.07, 6.45) is 0.356. The van der Waals surface area contributed by atoms with Gasteiger partial charge in [-0.05, 0) is 58.7 Å². The number of hydrogen-bond donors (Lipinski definition) is 1. The van der Waals surface area contributed by atoms with E-state index in [2.05, 4.69) is 5.32 Å². The van der Waals surface area contributed by atoms with Gasteiger partial charge in [0.15, 0.2) is 0 Å². The second-order valence-corrected chi connectivity index (χ2v) is 10.4. The molecule has 200 valence electrons. The van der Waals surface area contributed by atoms with E-state index in [-0.39, 0.29) is 43.6 Å². The van der Waals surface area contributed by atoms with E-state index in [9.17, 15) is 14.0 Å². The van der Waals surface area contributed by atoms with Crippen molar-refractivity contribution >= 4 is 46.6 Å². The summed E-state index contributed by atoms with van der Waals surface area (Å²) in [5.41, 5.74) is 3.06. The lowest BCUT2D eigenvalue weighted by Crippen LogP contribution is -2.50. The Morgan fingerprint density at radius 3 is 2.08 bits per heavy atom. The monoisotopic (exact) mass is 582 g/mol. The number of nitrogens with zero attached hydrogens (tertiary/aromatic N) is 1. The number of carbonyl (C=O) groups excluding carboxylic acids is 2. The minimum Gasteiger partial charge on any atom is -0.350 e. The molecular weight excluding hydrogens is 558 g/mol. The molecule has 4 aromatic carbocycles. The van der Waals surface area contributed by atoms with Crippen molar-refractivity contribution in [3.63, 3.8) is 0 Å². The second-order valence-electron chi connectivity index (χ2n) is 9.11. The van der Waals surface area contributed by atoms with Gasteiger partial charge in [0.2, 0.25) is 11.8 Å². The van der Waals surface area contributed by atoms with E-state index < -0.39 is 6.04 Å². The molecule has 0 spiro atoms. The highest BCUT2D eigenvalue weighted by molar-refractivity contribution is 6.35. The van der Waals surface area contributed by atoms with Crippen molar-refractivity contribution in [1.29, 1.82) is 0 Å². The van der Waals surface area contributed by atoms with E-state index in [4.69, 9.17) is 34.8 Å². The fraction of sp³-hybridized carbons (Fsp3) is 0.161. The zero-order valence-corrected chi connectivity index (χ0v) is 23.2. The summed E-state index contributed by atoms with van der Waals surface area (Å²) in [6, 6.07) is 26.6. The molecule has 1 unspecified atom stereocenters. The first-order valence-electron chi connectivity index (χ1n) is 12.3. The topological polar surface area (TPSA) is 49.4 Å². The Kier molecular flexibility index (Phi) is 9.99. The molecule has 0 heterocycles. The van der Waals surface area contributed by atoms with E-state index in [0.717, 1.165) is 11.1 Å². The van der Waals surface area contributed by atoms with Crippen LogP contribution in [0.5, 0.6) is 0 Å². The summed E-state index contributed by atoms with van der Waals surface area (Å²) in [5, 5.41) is 4.44. The van der Waals surface area contributed by atoms with E-state index >= 15 is 0 Å². The van der Waals surface area contributed by atoms with Crippen LogP contribution in [-0.2, 0) is 35.5 Å². The summed E-state index contributed by atoms with van der Waals surface area (Å²) < 4.78 is 13.6. The van der Waals surface area contributed by atoms with Crippen LogP contribution in [0.15, 0.2) is 97.1 Å². The standard InChI is InChI=1S/C31H26Cl3FN2O2/c32-25-11-6-22(7-12-25)17-30(38)37(20-23-8-14-27(35)15-9-23)29(16-21-4-2-1-3-5-21)31(39)36-19-24-10-13-26(33)18-28(24)34/h1-15,18,29H,16-17,19-20H2,(H,36,39). The lowest BCUT2D eigenvalue weighted by atomic mass is 10.0. The highest BCUT2D eigenvalue weighted by atomic mass is 35.5. The van der Waals surface area contributed by atoms with Gasteiger partial charge in [-0.25, -0.2) is 4.39 Å². The molecule has 4 rings (SSSR count). The highest BCUT2D eigenvalue weighted by Gasteiger charge is 2.30. The smallest absolute Gasteiger partial charge is 0.243 e. The van der Waals surface area contributed by atoms with E-state index in [1.165, 1.54) is 12.1 Å². The van der Waals surface area contributed by atoms with Crippen LogP contribution in [0, 0.1) is 5.82 Å². The third kappa shape index (κ3) is 8.30. The Hall–Kier alpha value is -3.38. The number of carbonyl (C=O) groups is 2. The Morgan fingerprint density at radius 2 is 1.41 bits per heavy atom. The van der Waals surface area contributed by atoms with Gasteiger partial charge in [-0.2, -0.15) is 0 Å². The Balaban J connectivity index is 1.65. The molecular formula is C31H26Cl3FN2O2. The van der Waals surface area contributed by atoms with Gasteiger partial charge in [0.1, 0.15) is 11.9 Å². The van der Waals surface area contributed by atoms with Crippen molar-refractivity contribution in [2.24, 2.45) is 0 Å². The molecule has 4 aromatic rings. The quantitative estimate of drug-likeness (QED) is 0.213. The molecule has 0 saturated carbocycles.